The Kier molecular flexibility index (Phi) is 6.35. The quantitative estimate of drug-likeness (QED) is 0.773. The first-order valence-electron chi connectivity index (χ1n) is 7.64. The van der Waals surface area contributed by atoms with Gasteiger partial charge in [0.15, 0.2) is 0 Å². The first-order chi connectivity index (χ1) is 12.3. The number of halogens is 1. The molecule has 1 heterocycles. The molecule has 0 saturated carbocycles. The highest BCUT2D eigenvalue weighted by Crippen LogP contribution is 2.18. The van der Waals surface area contributed by atoms with E-state index in [1.807, 2.05) is 0 Å². The molecule has 1 unspecified atom stereocenters. The molecule has 0 fully saturated rings. The highest BCUT2D eigenvalue weighted by atomic mass is 35.5. The lowest BCUT2D eigenvalue weighted by Gasteiger charge is -2.14. The molecule has 0 radical (unpaired) electrons. The molecule has 1 atom stereocenters. The Labute approximate surface area is 155 Å². The third-order valence-corrected chi connectivity index (χ3v) is 3.75. The highest BCUT2D eigenvalue weighted by molar-refractivity contribution is 6.30. The molecule has 9 heteroatoms. The fraction of sp³-hybridized carbons (Fsp3) is 0.294. The van der Waals surface area contributed by atoms with Crippen molar-refractivity contribution in [2.45, 2.75) is 13.5 Å². The fourth-order valence-electron chi connectivity index (χ4n) is 2.24. The number of rotatable bonds is 6. The van der Waals surface area contributed by atoms with Crippen molar-refractivity contribution in [2.75, 3.05) is 19.5 Å². The van der Waals surface area contributed by atoms with Crippen LogP contribution in [0.15, 0.2) is 30.6 Å². The van der Waals surface area contributed by atoms with E-state index in [9.17, 15) is 14.4 Å². The molecule has 1 N–H and O–H groups in total. The number of hydrogen-bond donors (Lipinski definition) is 1. The summed E-state index contributed by atoms with van der Waals surface area (Å²) in [6.45, 7) is 2.04. The summed E-state index contributed by atoms with van der Waals surface area (Å²) in [4.78, 5) is 36.0. The van der Waals surface area contributed by atoms with E-state index < -0.39 is 17.9 Å². The number of esters is 2. The number of nitrogens with zero attached hydrogens (tertiary/aromatic N) is 2. The van der Waals surface area contributed by atoms with Gasteiger partial charge in [-0.05, 0) is 18.2 Å². The molecule has 0 bridgehead atoms. The fourth-order valence-corrected chi connectivity index (χ4v) is 2.39. The number of hydrogen-bond acceptors (Lipinski definition) is 6. The number of anilines is 1. The molecule has 1 aromatic carbocycles. The smallest absolute Gasteiger partial charge is 0.337 e. The minimum Gasteiger partial charge on any atom is -0.465 e. The van der Waals surface area contributed by atoms with Crippen molar-refractivity contribution < 1.29 is 23.9 Å². The summed E-state index contributed by atoms with van der Waals surface area (Å²) >= 11 is 5.80. The SMILES string of the molecule is COC(=O)c1cc(NC(=O)C(C)Cn2cc(Cl)cn2)cc(C(=O)OC)c1. The third-order valence-electron chi connectivity index (χ3n) is 3.55. The van der Waals surface area contributed by atoms with E-state index in [1.54, 1.807) is 17.8 Å². The summed E-state index contributed by atoms with van der Waals surface area (Å²) in [6.07, 6.45) is 3.09. The van der Waals surface area contributed by atoms with Crippen LogP contribution < -0.4 is 5.32 Å². The van der Waals surface area contributed by atoms with Crippen molar-refractivity contribution in [3.05, 3.63) is 46.7 Å². The molecule has 1 amide bonds. The highest BCUT2D eigenvalue weighted by Gasteiger charge is 2.18. The zero-order chi connectivity index (χ0) is 19.3. The molecular formula is C17H18ClN3O5. The largest absolute Gasteiger partial charge is 0.465 e. The Bertz CT molecular complexity index is 799. The van der Waals surface area contributed by atoms with Crippen molar-refractivity contribution in [3.8, 4) is 0 Å². The lowest BCUT2D eigenvalue weighted by Crippen LogP contribution is -2.25. The zero-order valence-electron chi connectivity index (χ0n) is 14.5. The predicted molar refractivity (Wildman–Crippen MR) is 94.2 cm³/mol. The average molecular weight is 380 g/mol. The maximum Gasteiger partial charge on any atom is 0.337 e. The number of carbonyl (C=O) groups excluding carboxylic acids is 3. The van der Waals surface area contributed by atoms with Crippen LogP contribution in [0.3, 0.4) is 0 Å². The number of carbonyl (C=O) groups is 3. The summed E-state index contributed by atoms with van der Waals surface area (Å²) < 4.78 is 10.9. The molecule has 26 heavy (non-hydrogen) atoms. The second-order valence-electron chi connectivity index (χ2n) is 5.55. The summed E-state index contributed by atoms with van der Waals surface area (Å²) in [5.41, 5.74) is 0.526. The lowest BCUT2D eigenvalue weighted by molar-refractivity contribution is -0.119. The van der Waals surface area contributed by atoms with Crippen LogP contribution in [0.4, 0.5) is 5.69 Å². The molecule has 0 aliphatic carbocycles. The molecule has 0 aliphatic heterocycles. The van der Waals surface area contributed by atoms with Gasteiger partial charge in [-0.15, -0.1) is 0 Å². The maximum absolute atomic E-state index is 12.4. The maximum atomic E-state index is 12.4. The van der Waals surface area contributed by atoms with Gasteiger partial charge in [0.05, 0.1) is 49.0 Å². The van der Waals surface area contributed by atoms with Crippen LogP contribution in [-0.2, 0) is 20.8 Å². The first-order valence-corrected chi connectivity index (χ1v) is 8.02. The number of benzene rings is 1. The van der Waals surface area contributed by atoms with Crippen LogP contribution in [0.2, 0.25) is 5.02 Å². The number of ether oxygens (including phenoxy) is 2. The second kappa shape index (κ2) is 8.48. The number of nitrogens with one attached hydrogen (secondary N) is 1. The zero-order valence-corrected chi connectivity index (χ0v) is 15.2. The van der Waals surface area contributed by atoms with Crippen LogP contribution in [0.5, 0.6) is 0 Å². The van der Waals surface area contributed by atoms with Gasteiger partial charge >= 0.3 is 11.9 Å². The Morgan fingerprint density at radius 3 is 2.19 bits per heavy atom. The summed E-state index contributed by atoms with van der Waals surface area (Å²) in [7, 11) is 2.45. The number of aromatic nitrogens is 2. The molecule has 2 aromatic rings. The average Bonchev–Trinajstić information content (AvgIpc) is 3.04. The number of methoxy groups -OCH3 is 2. The second-order valence-corrected chi connectivity index (χ2v) is 5.99. The molecule has 1 aromatic heterocycles. The Morgan fingerprint density at radius 2 is 1.73 bits per heavy atom. The molecule has 0 spiro atoms. The predicted octanol–water partition coefficient (Wildman–Crippen LogP) is 2.38. The summed E-state index contributed by atoms with van der Waals surface area (Å²) in [6, 6.07) is 4.18. The van der Waals surface area contributed by atoms with Crippen LogP contribution in [0, 0.1) is 5.92 Å². The van der Waals surface area contributed by atoms with E-state index in [0.717, 1.165) is 0 Å². The topological polar surface area (TPSA) is 99.5 Å². The van der Waals surface area contributed by atoms with Gasteiger partial charge in [0.1, 0.15) is 0 Å². The van der Waals surface area contributed by atoms with E-state index >= 15 is 0 Å². The normalized spacial score (nSPS) is 11.5. The summed E-state index contributed by atoms with van der Waals surface area (Å²) in [5.74, 6) is -2.01. The van der Waals surface area contributed by atoms with Gasteiger partial charge in [0.2, 0.25) is 5.91 Å². The van der Waals surface area contributed by atoms with E-state index in [-0.39, 0.29) is 22.7 Å². The molecule has 2 rings (SSSR count). The molecule has 0 saturated heterocycles. The van der Waals surface area contributed by atoms with Crippen LogP contribution in [0.25, 0.3) is 0 Å². The van der Waals surface area contributed by atoms with E-state index in [0.29, 0.717) is 11.6 Å². The van der Waals surface area contributed by atoms with Gasteiger partial charge in [-0.3, -0.25) is 9.48 Å². The first kappa shape index (κ1) is 19.5. The summed E-state index contributed by atoms with van der Waals surface area (Å²) in [5, 5.41) is 7.18. The van der Waals surface area contributed by atoms with Crippen molar-refractivity contribution >= 4 is 35.1 Å². The van der Waals surface area contributed by atoms with Crippen LogP contribution in [-0.4, -0.2) is 41.8 Å². The standard InChI is InChI=1S/C17H18ClN3O5/c1-10(8-21-9-13(18)7-19-21)15(22)20-14-5-11(16(23)25-2)4-12(6-14)17(24)26-3/h4-7,9-10H,8H2,1-3H3,(H,20,22). The minimum atomic E-state index is -0.634. The van der Waals surface area contributed by atoms with Crippen LogP contribution >= 0.6 is 11.6 Å². The van der Waals surface area contributed by atoms with Crippen molar-refractivity contribution in [2.24, 2.45) is 5.92 Å². The van der Waals surface area contributed by atoms with E-state index in [4.69, 9.17) is 11.6 Å². The Hall–Kier alpha value is -2.87. The molecular weight excluding hydrogens is 362 g/mol. The molecule has 0 aliphatic rings. The Morgan fingerprint density at radius 1 is 1.15 bits per heavy atom. The van der Waals surface area contributed by atoms with Gasteiger partial charge < -0.3 is 14.8 Å². The van der Waals surface area contributed by atoms with Crippen molar-refractivity contribution in [1.29, 1.82) is 0 Å². The molecule has 8 nitrogen and oxygen atoms in total. The van der Waals surface area contributed by atoms with Gasteiger partial charge in [-0.2, -0.15) is 5.10 Å². The lowest BCUT2D eigenvalue weighted by atomic mass is 10.1. The monoisotopic (exact) mass is 379 g/mol. The van der Waals surface area contributed by atoms with Gasteiger partial charge in [0.25, 0.3) is 0 Å². The van der Waals surface area contributed by atoms with Crippen LogP contribution in [0.1, 0.15) is 27.6 Å². The van der Waals surface area contributed by atoms with E-state index in [2.05, 4.69) is 19.9 Å². The van der Waals surface area contributed by atoms with Crippen molar-refractivity contribution in [3.63, 3.8) is 0 Å². The number of amides is 1. The Balaban J connectivity index is 2.19. The third kappa shape index (κ3) is 4.82. The van der Waals surface area contributed by atoms with Gasteiger partial charge in [-0.25, -0.2) is 9.59 Å². The van der Waals surface area contributed by atoms with Gasteiger partial charge in [-0.1, -0.05) is 18.5 Å². The minimum absolute atomic E-state index is 0.122. The molecule has 138 valence electrons. The van der Waals surface area contributed by atoms with E-state index in [1.165, 1.54) is 38.6 Å². The van der Waals surface area contributed by atoms with Gasteiger partial charge in [0, 0.05) is 11.9 Å². The van der Waals surface area contributed by atoms with Crippen molar-refractivity contribution in [1.82, 2.24) is 9.78 Å².